The number of anilines is 1. The van der Waals surface area contributed by atoms with Gasteiger partial charge in [-0.3, -0.25) is 0 Å². The van der Waals surface area contributed by atoms with Gasteiger partial charge in [0.25, 0.3) is 0 Å². The van der Waals surface area contributed by atoms with E-state index in [0.717, 1.165) is 17.8 Å². The highest BCUT2D eigenvalue weighted by molar-refractivity contribution is 6.35. The molecule has 1 saturated heterocycles. The molecule has 24 heavy (non-hydrogen) atoms. The van der Waals surface area contributed by atoms with Crippen LogP contribution in [0.25, 0.3) is 17.0 Å². The molecule has 0 amide bonds. The fourth-order valence-corrected chi connectivity index (χ4v) is 3.39. The molecule has 3 heterocycles. The minimum atomic E-state index is -0.618. The van der Waals surface area contributed by atoms with Crippen LogP contribution in [-0.2, 0) is 0 Å². The largest absolute Gasteiger partial charge is 0.386 e. The molecular formula is C16H15Cl2N5O. The molecule has 0 atom stereocenters. The number of aromatic nitrogens is 4. The fraction of sp³-hybridized carbons (Fsp3) is 0.312. The van der Waals surface area contributed by atoms with Crippen molar-refractivity contribution in [1.29, 1.82) is 0 Å². The molecule has 124 valence electrons. The molecule has 0 aliphatic carbocycles. The van der Waals surface area contributed by atoms with Gasteiger partial charge in [-0.15, -0.1) is 15.3 Å². The highest BCUT2D eigenvalue weighted by Crippen LogP contribution is 2.30. The number of nitrogens with zero attached hydrogens (tertiary/aromatic N) is 5. The molecule has 1 aromatic carbocycles. The lowest BCUT2D eigenvalue weighted by Gasteiger charge is -2.46. The Labute approximate surface area is 148 Å². The van der Waals surface area contributed by atoms with Crippen molar-refractivity contribution in [2.24, 2.45) is 0 Å². The molecule has 0 spiro atoms. The van der Waals surface area contributed by atoms with Gasteiger partial charge in [-0.05, 0) is 36.8 Å². The monoisotopic (exact) mass is 363 g/mol. The molecule has 3 aromatic rings. The van der Waals surface area contributed by atoms with Gasteiger partial charge in [0.15, 0.2) is 11.5 Å². The molecule has 1 fully saturated rings. The summed E-state index contributed by atoms with van der Waals surface area (Å²) in [7, 11) is 0. The van der Waals surface area contributed by atoms with Crippen molar-refractivity contribution >= 4 is 34.7 Å². The van der Waals surface area contributed by atoms with Crippen LogP contribution in [0, 0.1) is 0 Å². The average molecular weight is 364 g/mol. The van der Waals surface area contributed by atoms with Crippen LogP contribution < -0.4 is 4.90 Å². The van der Waals surface area contributed by atoms with E-state index in [4.69, 9.17) is 23.2 Å². The smallest absolute Gasteiger partial charge is 0.185 e. The zero-order valence-corrected chi connectivity index (χ0v) is 14.5. The van der Waals surface area contributed by atoms with Crippen LogP contribution in [0.5, 0.6) is 0 Å². The maximum absolute atomic E-state index is 10.2. The van der Waals surface area contributed by atoms with Gasteiger partial charge >= 0.3 is 0 Å². The number of benzene rings is 1. The minimum Gasteiger partial charge on any atom is -0.386 e. The molecule has 0 saturated carbocycles. The first-order valence-corrected chi connectivity index (χ1v) is 8.39. The van der Waals surface area contributed by atoms with Crippen molar-refractivity contribution in [3.63, 3.8) is 0 Å². The van der Waals surface area contributed by atoms with Crippen LogP contribution in [-0.4, -0.2) is 43.6 Å². The number of hydrogen-bond donors (Lipinski definition) is 1. The van der Waals surface area contributed by atoms with Crippen molar-refractivity contribution in [1.82, 2.24) is 19.8 Å². The first-order valence-electron chi connectivity index (χ1n) is 7.64. The fourth-order valence-electron chi connectivity index (χ4n) is 2.86. The number of β-amino-alcohol motifs (C(OH)–C–C–N with tert-alkyl or cyclic N) is 1. The van der Waals surface area contributed by atoms with Gasteiger partial charge in [-0.2, -0.15) is 4.52 Å². The molecule has 2 aromatic heterocycles. The van der Waals surface area contributed by atoms with Gasteiger partial charge in [0.2, 0.25) is 0 Å². The first-order chi connectivity index (χ1) is 11.5. The lowest BCUT2D eigenvalue weighted by molar-refractivity contribution is 0.00796. The number of hydrogen-bond acceptors (Lipinski definition) is 5. The molecule has 0 bridgehead atoms. The summed E-state index contributed by atoms with van der Waals surface area (Å²) in [6.07, 6.45) is 0.727. The van der Waals surface area contributed by atoms with E-state index in [2.05, 4.69) is 15.3 Å². The van der Waals surface area contributed by atoms with E-state index in [1.165, 1.54) is 0 Å². The molecule has 1 aliphatic heterocycles. The third-order valence-electron chi connectivity index (χ3n) is 4.32. The maximum Gasteiger partial charge on any atom is 0.185 e. The Bertz CT molecular complexity index is 900. The van der Waals surface area contributed by atoms with E-state index in [1.807, 2.05) is 24.0 Å². The highest BCUT2D eigenvalue weighted by atomic mass is 35.5. The number of fused-ring (bicyclic) bond motifs is 1. The van der Waals surface area contributed by atoms with Crippen molar-refractivity contribution in [2.45, 2.75) is 18.9 Å². The van der Waals surface area contributed by atoms with E-state index in [9.17, 15) is 5.11 Å². The molecule has 4 rings (SSSR count). The summed E-state index contributed by atoms with van der Waals surface area (Å²) in [5, 5.41) is 24.2. The predicted molar refractivity (Wildman–Crippen MR) is 93.7 cm³/mol. The van der Waals surface area contributed by atoms with Crippen molar-refractivity contribution < 1.29 is 5.11 Å². The molecule has 1 N–H and O–H groups in total. The Hall–Kier alpha value is -1.89. The molecule has 6 nitrogen and oxygen atoms in total. The lowest BCUT2D eigenvalue weighted by atomic mass is 9.91. The van der Waals surface area contributed by atoms with Crippen LogP contribution in [0.3, 0.4) is 0 Å². The van der Waals surface area contributed by atoms with Crippen LogP contribution >= 0.6 is 23.2 Å². The van der Waals surface area contributed by atoms with E-state index in [0.29, 0.717) is 34.6 Å². The van der Waals surface area contributed by atoms with Crippen molar-refractivity contribution in [3.05, 3.63) is 40.4 Å². The summed E-state index contributed by atoms with van der Waals surface area (Å²) in [4.78, 5) is 2.03. The first kappa shape index (κ1) is 15.6. The summed E-state index contributed by atoms with van der Waals surface area (Å²) in [5.41, 5.74) is 0.766. The zero-order chi connectivity index (χ0) is 16.9. The topological polar surface area (TPSA) is 66.5 Å². The van der Waals surface area contributed by atoms with E-state index < -0.39 is 5.60 Å². The SMILES string of the molecule is CCC1(O)CN(c2ccc3nnc(-c4cc(Cl)cc(Cl)c4)n3n2)C1. The van der Waals surface area contributed by atoms with Gasteiger partial charge < -0.3 is 10.0 Å². The summed E-state index contributed by atoms with van der Waals surface area (Å²) in [6, 6.07) is 8.96. The van der Waals surface area contributed by atoms with E-state index in [1.54, 1.807) is 22.7 Å². The second-order valence-electron chi connectivity index (χ2n) is 6.08. The summed E-state index contributed by atoms with van der Waals surface area (Å²) in [5.74, 6) is 1.34. The highest BCUT2D eigenvalue weighted by Gasteiger charge is 2.40. The Morgan fingerprint density at radius 1 is 1.12 bits per heavy atom. The van der Waals surface area contributed by atoms with Gasteiger partial charge in [-0.1, -0.05) is 30.1 Å². The molecule has 1 aliphatic rings. The lowest BCUT2D eigenvalue weighted by Crippen LogP contribution is -2.61. The Kier molecular flexibility index (Phi) is 3.63. The number of halogens is 2. The van der Waals surface area contributed by atoms with Crippen LogP contribution in [0.1, 0.15) is 13.3 Å². The summed E-state index contributed by atoms with van der Waals surface area (Å²) >= 11 is 12.2. The average Bonchev–Trinajstić information content (AvgIpc) is 2.94. The van der Waals surface area contributed by atoms with Crippen LogP contribution in [0.4, 0.5) is 5.82 Å². The molecule has 8 heteroatoms. The predicted octanol–water partition coefficient (Wildman–Crippen LogP) is 3.06. The Morgan fingerprint density at radius 3 is 2.50 bits per heavy atom. The van der Waals surface area contributed by atoms with E-state index in [-0.39, 0.29) is 0 Å². The second-order valence-corrected chi connectivity index (χ2v) is 6.95. The maximum atomic E-state index is 10.2. The minimum absolute atomic E-state index is 0.529. The van der Waals surface area contributed by atoms with Crippen LogP contribution in [0.15, 0.2) is 30.3 Å². The number of aliphatic hydroxyl groups is 1. The Balaban J connectivity index is 1.74. The quantitative estimate of drug-likeness (QED) is 0.774. The standard InChI is InChI=1S/C16H15Cl2N5O/c1-2-16(24)8-22(9-16)14-4-3-13-19-20-15(23(13)21-14)10-5-11(17)7-12(18)6-10/h3-7,24H,2,8-9H2,1H3. The second kappa shape index (κ2) is 5.58. The van der Waals surface area contributed by atoms with Gasteiger partial charge in [-0.25, -0.2) is 0 Å². The van der Waals surface area contributed by atoms with Crippen LogP contribution in [0.2, 0.25) is 10.0 Å². The van der Waals surface area contributed by atoms with Crippen molar-refractivity contribution in [2.75, 3.05) is 18.0 Å². The summed E-state index contributed by atoms with van der Waals surface area (Å²) in [6.45, 7) is 3.12. The zero-order valence-electron chi connectivity index (χ0n) is 12.9. The molecule has 0 unspecified atom stereocenters. The third-order valence-corrected chi connectivity index (χ3v) is 4.76. The van der Waals surface area contributed by atoms with Crippen molar-refractivity contribution in [3.8, 4) is 11.4 Å². The van der Waals surface area contributed by atoms with E-state index >= 15 is 0 Å². The third kappa shape index (κ3) is 2.60. The summed E-state index contributed by atoms with van der Waals surface area (Å²) < 4.78 is 1.67. The van der Waals surface area contributed by atoms with Gasteiger partial charge in [0.1, 0.15) is 5.82 Å². The normalized spacial score (nSPS) is 16.4. The van der Waals surface area contributed by atoms with Gasteiger partial charge in [0.05, 0.1) is 18.7 Å². The number of rotatable bonds is 3. The molecular weight excluding hydrogens is 349 g/mol. The Morgan fingerprint density at radius 2 is 1.83 bits per heavy atom. The van der Waals surface area contributed by atoms with Gasteiger partial charge in [0, 0.05) is 15.6 Å². The molecule has 0 radical (unpaired) electrons.